The fourth-order valence-corrected chi connectivity index (χ4v) is 3.35. The van der Waals surface area contributed by atoms with E-state index < -0.39 is 0 Å². The molecule has 0 unspecified atom stereocenters. The molecule has 2 amide bonds. The molecule has 0 radical (unpaired) electrons. The molecule has 2 aromatic carbocycles. The lowest BCUT2D eigenvalue weighted by atomic mass is 10.1. The molecular weight excluding hydrogens is 344 g/mol. The molecule has 0 spiro atoms. The lowest BCUT2D eigenvalue weighted by Gasteiger charge is -2.35. The maximum absolute atomic E-state index is 12.9. The fraction of sp³-hybridized carbons (Fsp3) is 0.250. The summed E-state index contributed by atoms with van der Waals surface area (Å²) in [6, 6.07) is 12.7. The summed E-state index contributed by atoms with van der Waals surface area (Å²) >= 11 is 0. The molecule has 7 nitrogen and oxygen atoms in total. The lowest BCUT2D eigenvalue weighted by Crippen LogP contribution is -2.50. The largest absolute Gasteiger partial charge is 0.497 e. The van der Waals surface area contributed by atoms with Crippen LogP contribution in [0.15, 0.2) is 48.7 Å². The van der Waals surface area contributed by atoms with Crippen molar-refractivity contribution in [3.05, 3.63) is 59.8 Å². The zero-order valence-electron chi connectivity index (χ0n) is 15.0. The number of para-hydroxylation sites is 1. The predicted octanol–water partition coefficient (Wildman–Crippen LogP) is 2.17. The number of hydrogen-bond acceptors (Lipinski definition) is 4. The molecule has 2 heterocycles. The molecule has 0 bridgehead atoms. The summed E-state index contributed by atoms with van der Waals surface area (Å²) in [5.74, 6) is 0.650. The van der Waals surface area contributed by atoms with Crippen molar-refractivity contribution in [2.45, 2.75) is 0 Å². The van der Waals surface area contributed by atoms with Crippen LogP contribution in [0.2, 0.25) is 0 Å². The third-order valence-electron chi connectivity index (χ3n) is 4.90. The summed E-state index contributed by atoms with van der Waals surface area (Å²) in [5, 5.41) is 7.82. The van der Waals surface area contributed by atoms with Crippen LogP contribution in [-0.4, -0.2) is 65.1 Å². The Hall–Kier alpha value is -3.35. The number of amides is 2. The number of aromatic nitrogens is 2. The quantitative estimate of drug-likeness (QED) is 0.773. The number of H-pyrrole nitrogens is 1. The summed E-state index contributed by atoms with van der Waals surface area (Å²) < 4.78 is 5.13. The van der Waals surface area contributed by atoms with E-state index in [1.54, 1.807) is 53.4 Å². The van der Waals surface area contributed by atoms with E-state index in [4.69, 9.17) is 4.74 Å². The molecule has 138 valence electrons. The first-order chi connectivity index (χ1) is 13.2. The zero-order valence-corrected chi connectivity index (χ0v) is 15.0. The number of benzene rings is 2. The van der Waals surface area contributed by atoms with Crippen LogP contribution in [0.25, 0.3) is 10.9 Å². The van der Waals surface area contributed by atoms with E-state index in [1.165, 1.54) is 0 Å². The number of methoxy groups -OCH3 is 1. The Kier molecular flexibility index (Phi) is 4.50. The number of nitrogens with one attached hydrogen (secondary N) is 1. The first-order valence-electron chi connectivity index (χ1n) is 8.82. The second kappa shape index (κ2) is 7.11. The van der Waals surface area contributed by atoms with E-state index in [0.717, 1.165) is 16.7 Å². The molecule has 27 heavy (non-hydrogen) atoms. The molecule has 4 rings (SSSR count). The Morgan fingerprint density at radius 3 is 2.30 bits per heavy atom. The van der Waals surface area contributed by atoms with Gasteiger partial charge in [0.1, 0.15) is 5.75 Å². The van der Waals surface area contributed by atoms with Crippen LogP contribution in [-0.2, 0) is 0 Å². The minimum Gasteiger partial charge on any atom is -0.497 e. The smallest absolute Gasteiger partial charge is 0.256 e. The zero-order chi connectivity index (χ0) is 18.8. The Bertz CT molecular complexity index is 972. The van der Waals surface area contributed by atoms with Crippen LogP contribution in [0, 0.1) is 0 Å². The number of hydrogen-bond donors (Lipinski definition) is 1. The number of fused-ring (bicyclic) bond motifs is 1. The van der Waals surface area contributed by atoms with Crippen molar-refractivity contribution in [1.29, 1.82) is 0 Å². The Labute approximate surface area is 156 Å². The van der Waals surface area contributed by atoms with Gasteiger partial charge in [0.15, 0.2) is 0 Å². The number of aromatic amines is 1. The predicted molar refractivity (Wildman–Crippen MR) is 101 cm³/mol. The van der Waals surface area contributed by atoms with Gasteiger partial charge in [0.05, 0.1) is 24.4 Å². The highest BCUT2D eigenvalue weighted by atomic mass is 16.5. The van der Waals surface area contributed by atoms with Crippen molar-refractivity contribution in [3.8, 4) is 5.75 Å². The molecule has 1 N–H and O–H groups in total. The second-order valence-electron chi connectivity index (χ2n) is 6.45. The lowest BCUT2D eigenvalue weighted by molar-refractivity contribution is 0.0536. The van der Waals surface area contributed by atoms with Crippen molar-refractivity contribution in [3.63, 3.8) is 0 Å². The average molecular weight is 364 g/mol. The molecule has 0 aliphatic carbocycles. The maximum Gasteiger partial charge on any atom is 0.256 e. The molecule has 3 aromatic rings. The standard InChI is InChI=1S/C20H20N4O3/c1-27-16-7-5-14(6-8-16)19(25)23-9-11-24(12-10-23)20(26)17-4-2-3-15-13-21-22-18(15)17/h2-8,13H,9-12H2,1H3,(H,21,22). The molecule has 0 atom stereocenters. The van der Waals surface area contributed by atoms with Gasteiger partial charge in [-0.1, -0.05) is 12.1 Å². The second-order valence-corrected chi connectivity index (χ2v) is 6.45. The molecule has 1 fully saturated rings. The van der Waals surface area contributed by atoms with Crippen molar-refractivity contribution in [1.82, 2.24) is 20.0 Å². The van der Waals surface area contributed by atoms with Crippen LogP contribution < -0.4 is 4.74 Å². The fourth-order valence-electron chi connectivity index (χ4n) is 3.35. The van der Waals surface area contributed by atoms with Gasteiger partial charge in [-0.3, -0.25) is 14.7 Å². The van der Waals surface area contributed by atoms with Gasteiger partial charge in [-0.15, -0.1) is 0 Å². The third kappa shape index (κ3) is 3.23. The van der Waals surface area contributed by atoms with E-state index in [-0.39, 0.29) is 11.8 Å². The van der Waals surface area contributed by atoms with Crippen molar-refractivity contribution >= 4 is 22.7 Å². The highest BCUT2D eigenvalue weighted by Gasteiger charge is 2.26. The maximum atomic E-state index is 12.9. The van der Waals surface area contributed by atoms with E-state index in [1.807, 2.05) is 12.1 Å². The monoisotopic (exact) mass is 364 g/mol. The summed E-state index contributed by atoms with van der Waals surface area (Å²) in [6.07, 6.45) is 1.71. The molecule has 1 aliphatic heterocycles. The minimum atomic E-state index is -0.0404. The van der Waals surface area contributed by atoms with Gasteiger partial charge < -0.3 is 14.5 Å². The van der Waals surface area contributed by atoms with E-state index >= 15 is 0 Å². The number of carbonyl (C=O) groups excluding carboxylic acids is 2. The number of carbonyl (C=O) groups is 2. The SMILES string of the molecule is COc1ccc(C(=O)N2CCN(C(=O)c3cccc4cn[nH]c34)CC2)cc1. The van der Waals surface area contributed by atoms with E-state index in [0.29, 0.717) is 37.3 Å². The van der Waals surface area contributed by atoms with Crippen LogP contribution >= 0.6 is 0 Å². The summed E-state index contributed by atoms with van der Waals surface area (Å²) in [4.78, 5) is 29.1. The van der Waals surface area contributed by atoms with Gasteiger partial charge >= 0.3 is 0 Å². The topological polar surface area (TPSA) is 78.5 Å². The first kappa shape index (κ1) is 17.1. The molecule has 0 saturated carbocycles. The Balaban J connectivity index is 1.43. The first-order valence-corrected chi connectivity index (χ1v) is 8.82. The minimum absolute atomic E-state index is 0.0274. The van der Waals surface area contributed by atoms with Crippen LogP contribution in [0.5, 0.6) is 5.75 Å². The molecule has 7 heteroatoms. The molecular formula is C20H20N4O3. The van der Waals surface area contributed by atoms with Gasteiger partial charge in [-0.05, 0) is 30.3 Å². The van der Waals surface area contributed by atoms with Crippen molar-refractivity contribution < 1.29 is 14.3 Å². The van der Waals surface area contributed by atoms with Gasteiger partial charge in [0, 0.05) is 37.1 Å². The number of nitrogens with zero attached hydrogens (tertiary/aromatic N) is 3. The van der Waals surface area contributed by atoms with Crippen molar-refractivity contribution in [2.75, 3.05) is 33.3 Å². The van der Waals surface area contributed by atoms with Gasteiger partial charge in [-0.2, -0.15) is 5.10 Å². The normalized spacial score (nSPS) is 14.4. The molecule has 1 aromatic heterocycles. The Morgan fingerprint density at radius 2 is 1.63 bits per heavy atom. The highest BCUT2D eigenvalue weighted by molar-refractivity contribution is 6.05. The summed E-state index contributed by atoms with van der Waals surface area (Å²) in [7, 11) is 1.59. The van der Waals surface area contributed by atoms with Gasteiger partial charge in [-0.25, -0.2) is 0 Å². The molecule has 1 aliphatic rings. The number of rotatable bonds is 3. The average Bonchev–Trinajstić information content (AvgIpc) is 3.22. The van der Waals surface area contributed by atoms with Crippen LogP contribution in [0.1, 0.15) is 20.7 Å². The number of ether oxygens (including phenoxy) is 1. The molecule has 1 saturated heterocycles. The van der Waals surface area contributed by atoms with E-state index in [9.17, 15) is 9.59 Å². The highest BCUT2D eigenvalue weighted by Crippen LogP contribution is 2.19. The van der Waals surface area contributed by atoms with Gasteiger partial charge in [0.25, 0.3) is 11.8 Å². The Morgan fingerprint density at radius 1 is 0.963 bits per heavy atom. The van der Waals surface area contributed by atoms with Crippen LogP contribution in [0.4, 0.5) is 0 Å². The van der Waals surface area contributed by atoms with E-state index in [2.05, 4.69) is 10.2 Å². The summed E-state index contributed by atoms with van der Waals surface area (Å²) in [6.45, 7) is 2.03. The third-order valence-corrected chi connectivity index (χ3v) is 4.90. The number of piperazine rings is 1. The van der Waals surface area contributed by atoms with Crippen LogP contribution in [0.3, 0.4) is 0 Å². The van der Waals surface area contributed by atoms with Crippen molar-refractivity contribution in [2.24, 2.45) is 0 Å². The summed E-state index contributed by atoms with van der Waals surface area (Å²) in [5.41, 5.74) is 1.98. The van der Waals surface area contributed by atoms with Gasteiger partial charge in [0.2, 0.25) is 0 Å².